The topological polar surface area (TPSA) is 42.2 Å². The lowest BCUT2D eigenvalue weighted by Gasteiger charge is -2.28. The van der Waals surface area contributed by atoms with Crippen molar-refractivity contribution in [3.63, 3.8) is 0 Å². The van der Waals surface area contributed by atoms with Crippen LogP contribution in [0, 0.1) is 6.92 Å². The zero-order valence-electron chi connectivity index (χ0n) is 11.4. The van der Waals surface area contributed by atoms with Gasteiger partial charge in [-0.25, -0.2) is 4.98 Å². The van der Waals surface area contributed by atoms with Crippen LogP contribution in [0.15, 0.2) is 0 Å². The Morgan fingerprint density at radius 3 is 2.89 bits per heavy atom. The number of likely N-dealkylation sites (N-methyl/N-ethyl adjacent to an activating group) is 1. The predicted molar refractivity (Wildman–Crippen MR) is 76.3 cm³/mol. The predicted octanol–water partition coefficient (Wildman–Crippen LogP) is 2.25. The van der Waals surface area contributed by atoms with Crippen LogP contribution in [-0.2, 0) is 5.41 Å². The number of hydrogen-bond donors (Lipinski definition) is 1. The third-order valence-corrected chi connectivity index (χ3v) is 6.08. The smallest absolute Gasteiger partial charge is 0.0974 e. The summed E-state index contributed by atoms with van der Waals surface area (Å²) in [6, 6.07) is 0. The zero-order chi connectivity index (χ0) is 12.8. The van der Waals surface area contributed by atoms with Crippen LogP contribution in [0.5, 0.6) is 0 Å². The van der Waals surface area contributed by atoms with E-state index in [2.05, 4.69) is 18.9 Å². The van der Waals surface area contributed by atoms with Crippen molar-refractivity contribution in [3.05, 3.63) is 15.6 Å². The number of thiazole rings is 1. The highest BCUT2D eigenvalue weighted by atomic mass is 32.1. The standard InChI is InChI=1S/C14H23N3S/c1-10-12(14(9-15)5-6-14)18-13(16-10)11-4-3-7-17(2)8-11/h11H,3-9,15H2,1-2H3. The molecule has 0 radical (unpaired) electrons. The number of nitrogens with two attached hydrogens (primary N) is 1. The lowest BCUT2D eigenvalue weighted by molar-refractivity contribution is 0.250. The molecule has 1 saturated heterocycles. The van der Waals surface area contributed by atoms with Gasteiger partial charge in [0.25, 0.3) is 0 Å². The summed E-state index contributed by atoms with van der Waals surface area (Å²) in [4.78, 5) is 8.77. The zero-order valence-corrected chi connectivity index (χ0v) is 12.2. The first-order valence-corrected chi connectivity index (χ1v) is 7.83. The molecule has 0 bridgehead atoms. The van der Waals surface area contributed by atoms with Crippen molar-refractivity contribution in [1.82, 2.24) is 9.88 Å². The van der Waals surface area contributed by atoms with Crippen LogP contribution in [0.2, 0.25) is 0 Å². The monoisotopic (exact) mass is 265 g/mol. The maximum atomic E-state index is 5.95. The second-order valence-electron chi connectivity index (χ2n) is 6.05. The maximum absolute atomic E-state index is 5.95. The quantitative estimate of drug-likeness (QED) is 0.911. The highest BCUT2D eigenvalue weighted by Crippen LogP contribution is 2.51. The van der Waals surface area contributed by atoms with Crippen LogP contribution in [-0.4, -0.2) is 36.6 Å². The average Bonchev–Trinajstić information content (AvgIpc) is 3.06. The van der Waals surface area contributed by atoms with Gasteiger partial charge in [0.05, 0.1) is 10.7 Å². The van der Waals surface area contributed by atoms with Crippen molar-refractivity contribution in [3.8, 4) is 0 Å². The number of likely N-dealkylation sites (tertiary alicyclic amines) is 1. The summed E-state index contributed by atoms with van der Waals surface area (Å²) in [5.74, 6) is 0.648. The summed E-state index contributed by atoms with van der Waals surface area (Å²) in [6.07, 6.45) is 5.12. The Hall–Kier alpha value is -0.450. The Labute approximate surface area is 113 Å². The van der Waals surface area contributed by atoms with Crippen LogP contribution in [0.3, 0.4) is 0 Å². The molecule has 1 aliphatic carbocycles. The SMILES string of the molecule is Cc1nc(C2CCCN(C)C2)sc1C1(CN)CC1. The van der Waals surface area contributed by atoms with Gasteiger partial charge in [-0.1, -0.05) is 0 Å². The molecule has 2 fully saturated rings. The van der Waals surface area contributed by atoms with Gasteiger partial charge < -0.3 is 10.6 Å². The van der Waals surface area contributed by atoms with Crippen LogP contribution in [0.25, 0.3) is 0 Å². The first-order chi connectivity index (χ1) is 8.64. The molecule has 1 unspecified atom stereocenters. The van der Waals surface area contributed by atoms with Crippen molar-refractivity contribution >= 4 is 11.3 Å². The van der Waals surface area contributed by atoms with Crippen molar-refractivity contribution in [2.24, 2.45) is 5.73 Å². The van der Waals surface area contributed by atoms with Gasteiger partial charge in [0.1, 0.15) is 0 Å². The minimum atomic E-state index is 0.306. The summed E-state index contributed by atoms with van der Waals surface area (Å²) in [5, 5.41) is 1.36. The molecule has 3 rings (SSSR count). The Morgan fingerprint density at radius 2 is 2.28 bits per heavy atom. The third kappa shape index (κ3) is 2.10. The summed E-state index contributed by atoms with van der Waals surface area (Å²) in [7, 11) is 2.22. The van der Waals surface area contributed by atoms with Gasteiger partial charge in [0.2, 0.25) is 0 Å². The molecule has 1 atom stereocenters. The lowest BCUT2D eigenvalue weighted by atomic mass is 9.99. The van der Waals surface area contributed by atoms with E-state index in [0.29, 0.717) is 11.3 Å². The Bertz CT molecular complexity index is 436. The normalized spacial score (nSPS) is 27.4. The average molecular weight is 265 g/mol. The molecule has 2 aliphatic rings. The van der Waals surface area contributed by atoms with Gasteiger partial charge in [-0.15, -0.1) is 11.3 Å². The van der Waals surface area contributed by atoms with E-state index in [1.165, 1.54) is 54.4 Å². The van der Waals surface area contributed by atoms with Gasteiger partial charge in [-0.3, -0.25) is 0 Å². The molecule has 0 amide bonds. The van der Waals surface area contributed by atoms with E-state index in [-0.39, 0.29) is 0 Å². The molecule has 0 aromatic carbocycles. The second-order valence-corrected chi connectivity index (χ2v) is 7.08. The Kier molecular flexibility index (Phi) is 3.20. The highest BCUT2D eigenvalue weighted by Gasteiger charge is 2.46. The van der Waals surface area contributed by atoms with Gasteiger partial charge in [0.15, 0.2) is 0 Å². The molecular weight excluding hydrogens is 242 g/mol. The number of aryl methyl sites for hydroxylation is 1. The van der Waals surface area contributed by atoms with E-state index in [1.54, 1.807) is 0 Å². The second kappa shape index (κ2) is 4.58. The van der Waals surface area contributed by atoms with E-state index < -0.39 is 0 Å². The molecule has 2 N–H and O–H groups in total. The summed E-state index contributed by atoms with van der Waals surface area (Å²) in [5.41, 5.74) is 7.50. The van der Waals surface area contributed by atoms with Gasteiger partial charge in [-0.05, 0) is 46.2 Å². The molecule has 1 aliphatic heterocycles. The number of hydrogen-bond acceptors (Lipinski definition) is 4. The molecular formula is C14H23N3S. The molecule has 100 valence electrons. The third-order valence-electron chi connectivity index (χ3n) is 4.51. The molecule has 0 spiro atoms. The van der Waals surface area contributed by atoms with Crippen molar-refractivity contribution in [1.29, 1.82) is 0 Å². The van der Waals surface area contributed by atoms with Crippen LogP contribution in [0.4, 0.5) is 0 Å². The summed E-state index contributed by atoms with van der Waals surface area (Å²) in [6.45, 7) is 5.36. The van der Waals surface area contributed by atoms with Crippen molar-refractivity contribution in [2.45, 2.75) is 43.9 Å². The lowest BCUT2D eigenvalue weighted by Crippen LogP contribution is -2.30. The van der Waals surface area contributed by atoms with Crippen LogP contribution in [0.1, 0.15) is 47.2 Å². The molecule has 18 heavy (non-hydrogen) atoms. The number of aromatic nitrogens is 1. The minimum Gasteiger partial charge on any atom is -0.330 e. The van der Waals surface area contributed by atoms with E-state index in [1.807, 2.05) is 11.3 Å². The first kappa shape index (κ1) is 12.6. The summed E-state index contributed by atoms with van der Waals surface area (Å²) >= 11 is 1.94. The van der Waals surface area contributed by atoms with Gasteiger partial charge >= 0.3 is 0 Å². The molecule has 1 aromatic heterocycles. The van der Waals surface area contributed by atoms with E-state index in [9.17, 15) is 0 Å². The summed E-state index contributed by atoms with van der Waals surface area (Å²) < 4.78 is 0. The van der Waals surface area contributed by atoms with Crippen molar-refractivity contribution in [2.75, 3.05) is 26.7 Å². The van der Waals surface area contributed by atoms with E-state index >= 15 is 0 Å². The number of nitrogens with zero attached hydrogens (tertiary/aromatic N) is 2. The number of piperidine rings is 1. The van der Waals surface area contributed by atoms with Crippen LogP contribution < -0.4 is 5.73 Å². The molecule has 3 nitrogen and oxygen atoms in total. The van der Waals surface area contributed by atoms with Gasteiger partial charge in [0, 0.05) is 29.3 Å². The fourth-order valence-corrected chi connectivity index (χ4v) is 4.57. The fourth-order valence-electron chi connectivity index (χ4n) is 3.13. The molecule has 4 heteroatoms. The maximum Gasteiger partial charge on any atom is 0.0974 e. The molecule has 1 aromatic rings. The number of rotatable bonds is 3. The van der Waals surface area contributed by atoms with Crippen molar-refractivity contribution < 1.29 is 0 Å². The highest BCUT2D eigenvalue weighted by molar-refractivity contribution is 7.12. The fraction of sp³-hybridized carbons (Fsp3) is 0.786. The Morgan fingerprint density at radius 1 is 1.50 bits per heavy atom. The first-order valence-electron chi connectivity index (χ1n) is 7.01. The van der Waals surface area contributed by atoms with Crippen LogP contribution >= 0.6 is 11.3 Å². The van der Waals surface area contributed by atoms with Gasteiger partial charge in [-0.2, -0.15) is 0 Å². The Balaban J connectivity index is 1.84. The van der Waals surface area contributed by atoms with E-state index in [4.69, 9.17) is 10.7 Å². The minimum absolute atomic E-state index is 0.306. The molecule has 1 saturated carbocycles. The largest absolute Gasteiger partial charge is 0.330 e. The molecule has 2 heterocycles. The van der Waals surface area contributed by atoms with E-state index in [0.717, 1.165) is 6.54 Å².